The summed E-state index contributed by atoms with van der Waals surface area (Å²) < 4.78 is 10.3. The molecule has 0 saturated carbocycles. The average molecular weight is 355 g/mol. The molecule has 2 rings (SSSR count). The number of hydrogen-bond donors (Lipinski definition) is 1. The van der Waals surface area contributed by atoms with Crippen molar-refractivity contribution in [2.24, 2.45) is 0 Å². The maximum Gasteiger partial charge on any atom is 0.310 e. The van der Waals surface area contributed by atoms with Crippen LogP contribution in [0.1, 0.15) is 29.8 Å². The van der Waals surface area contributed by atoms with Gasteiger partial charge in [0.2, 0.25) is 0 Å². The molecular weight excluding hydrogens is 334 g/mol. The largest absolute Gasteiger partial charge is 0.494 e. The first-order chi connectivity index (χ1) is 12.5. The Morgan fingerprint density at radius 1 is 1.04 bits per heavy atom. The number of ether oxygens (including phenoxy) is 2. The van der Waals surface area contributed by atoms with Gasteiger partial charge in [-0.15, -0.1) is 0 Å². The van der Waals surface area contributed by atoms with E-state index in [0.717, 1.165) is 11.3 Å². The molecule has 0 aliphatic rings. The van der Waals surface area contributed by atoms with Crippen LogP contribution in [-0.4, -0.2) is 30.9 Å². The molecule has 0 aliphatic heterocycles. The van der Waals surface area contributed by atoms with Crippen molar-refractivity contribution in [1.29, 1.82) is 0 Å². The van der Waals surface area contributed by atoms with E-state index >= 15 is 0 Å². The first-order valence-corrected chi connectivity index (χ1v) is 8.26. The fraction of sp³-hybridized carbons (Fsp3) is 0.250. The maximum atomic E-state index is 11.9. The highest BCUT2D eigenvalue weighted by atomic mass is 16.5. The minimum Gasteiger partial charge on any atom is -0.494 e. The minimum absolute atomic E-state index is 0.0690. The zero-order valence-corrected chi connectivity index (χ0v) is 14.8. The number of nitrogens with one attached hydrogen (secondary N) is 1. The summed E-state index contributed by atoms with van der Waals surface area (Å²) in [6, 6.07) is 13.7. The van der Waals surface area contributed by atoms with E-state index in [0.29, 0.717) is 17.9 Å². The Morgan fingerprint density at radius 3 is 2.42 bits per heavy atom. The van der Waals surface area contributed by atoms with Gasteiger partial charge < -0.3 is 14.8 Å². The van der Waals surface area contributed by atoms with Crippen LogP contribution in [0, 0.1) is 0 Å². The molecule has 0 unspecified atom stereocenters. The molecule has 2 aromatic rings. The normalized spacial score (nSPS) is 10.1. The summed E-state index contributed by atoms with van der Waals surface area (Å²) in [5.41, 5.74) is 1.74. The molecular formula is C20H21NO5. The molecule has 6 nitrogen and oxygen atoms in total. The number of carbonyl (C=O) groups is 3. The van der Waals surface area contributed by atoms with E-state index in [-0.39, 0.29) is 18.8 Å². The molecule has 0 bridgehead atoms. The highest BCUT2D eigenvalue weighted by molar-refractivity contribution is 5.97. The van der Waals surface area contributed by atoms with E-state index in [4.69, 9.17) is 9.47 Å². The number of anilines is 1. The van der Waals surface area contributed by atoms with Gasteiger partial charge in [-0.2, -0.15) is 0 Å². The lowest BCUT2D eigenvalue weighted by Gasteiger charge is -2.08. The van der Waals surface area contributed by atoms with Crippen molar-refractivity contribution in [2.75, 3.05) is 18.5 Å². The molecule has 0 radical (unpaired) electrons. The summed E-state index contributed by atoms with van der Waals surface area (Å²) in [6.07, 6.45) is 0.0690. The molecule has 1 N–H and O–H groups in total. The van der Waals surface area contributed by atoms with Gasteiger partial charge in [0.25, 0.3) is 5.91 Å². The highest BCUT2D eigenvalue weighted by Crippen LogP contribution is 2.13. The Kier molecular flexibility index (Phi) is 6.91. The second-order valence-corrected chi connectivity index (χ2v) is 5.60. The lowest BCUT2D eigenvalue weighted by molar-refractivity contribution is -0.146. The van der Waals surface area contributed by atoms with Gasteiger partial charge in [0, 0.05) is 11.3 Å². The van der Waals surface area contributed by atoms with Crippen molar-refractivity contribution in [3.63, 3.8) is 0 Å². The van der Waals surface area contributed by atoms with Crippen LogP contribution in [0.15, 0.2) is 48.5 Å². The number of benzene rings is 2. The summed E-state index contributed by atoms with van der Waals surface area (Å²) >= 11 is 0. The Hall–Kier alpha value is -3.15. The predicted octanol–water partition coefficient (Wildman–Crippen LogP) is 3.01. The van der Waals surface area contributed by atoms with Crippen molar-refractivity contribution in [3.8, 4) is 5.75 Å². The molecule has 136 valence electrons. The monoisotopic (exact) mass is 355 g/mol. The zero-order chi connectivity index (χ0) is 18.9. The van der Waals surface area contributed by atoms with Crippen LogP contribution in [0.3, 0.4) is 0 Å². The molecule has 2 aromatic carbocycles. The molecule has 0 fully saturated rings. The van der Waals surface area contributed by atoms with Crippen LogP contribution >= 0.6 is 0 Å². The quantitative estimate of drug-likeness (QED) is 0.581. The summed E-state index contributed by atoms with van der Waals surface area (Å²) in [6.45, 7) is 3.53. The lowest BCUT2D eigenvalue weighted by Crippen LogP contribution is -2.21. The van der Waals surface area contributed by atoms with Crippen molar-refractivity contribution in [2.45, 2.75) is 20.3 Å². The second-order valence-electron chi connectivity index (χ2n) is 5.60. The molecule has 0 aliphatic carbocycles. The highest BCUT2D eigenvalue weighted by Gasteiger charge is 2.10. The van der Waals surface area contributed by atoms with Crippen molar-refractivity contribution < 1.29 is 23.9 Å². The molecule has 0 aromatic heterocycles. The predicted molar refractivity (Wildman–Crippen MR) is 97.4 cm³/mol. The van der Waals surface area contributed by atoms with Gasteiger partial charge in [-0.25, -0.2) is 0 Å². The third-order valence-corrected chi connectivity index (χ3v) is 3.50. The topological polar surface area (TPSA) is 81.7 Å². The molecule has 0 saturated heterocycles. The van der Waals surface area contributed by atoms with Gasteiger partial charge in [-0.05, 0) is 43.7 Å². The minimum atomic E-state index is -0.498. The number of Topliss-reactive ketones (excluding diaryl/α,β-unsaturated/α-hetero) is 1. The van der Waals surface area contributed by atoms with Crippen LogP contribution < -0.4 is 10.1 Å². The maximum absolute atomic E-state index is 11.9. The number of rotatable bonds is 8. The Balaban J connectivity index is 1.80. The Bertz CT molecular complexity index is 783. The Labute approximate surface area is 152 Å². The first kappa shape index (κ1) is 19.2. The van der Waals surface area contributed by atoms with Crippen LogP contribution in [0.2, 0.25) is 0 Å². The van der Waals surface area contributed by atoms with Crippen LogP contribution in [0.4, 0.5) is 5.69 Å². The molecule has 26 heavy (non-hydrogen) atoms. The average Bonchev–Trinajstić information content (AvgIpc) is 2.62. The van der Waals surface area contributed by atoms with Crippen molar-refractivity contribution >= 4 is 23.3 Å². The Morgan fingerprint density at radius 2 is 1.77 bits per heavy atom. The van der Waals surface area contributed by atoms with E-state index < -0.39 is 11.9 Å². The van der Waals surface area contributed by atoms with Crippen molar-refractivity contribution in [3.05, 3.63) is 59.7 Å². The van der Waals surface area contributed by atoms with E-state index in [1.807, 2.05) is 6.92 Å². The number of hydrogen-bond acceptors (Lipinski definition) is 5. The van der Waals surface area contributed by atoms with Crippen molar-refractivity contribution in [1.82, 2.24) is 0 Å². The number of carbonyl (C=O) groups excluding carboxylic acids is 3. The van der Waals surface area contributed by atoms with E-state index in [1.165, 1.54) is 6.92 Å². The fourth-order valence-electron chi connectivity index (χ4n) is 2.25. The molecule has 0 atom stereocenters. The smallest absolute Gasteiger partial charge is 0.310 e. The SMILES string of the molecule is CCOc1ccc(CC(=O)OCC(=O)Nc2cccc(C(C)=O)c2)cc1. The molecule has 0 heterocycles. The number of ketones is 1. The molecule has 0 spiro atoms. The van der Waals surface area contributed by atoms with Crippen LogP contribution in [0.5, 0.6) is 5.75 Å². The van der Waals surface area contributed by atoms with Gasteiger partial charge in [-0.3, -0.25) is 14.4 Å². The molecule has 6 heteroatoms. The summed E-state index contributed by atoms with van der Waals surface area (Å²) in [4.78, 5) is 35.1. The van der Waals surface area contributed by atoms with Gasteiger partial charge in [0.15, 0.2) is 12.4 Å². The summed E-state index contributed by atoms with van der Waals surface area (Å²) in [5.74, 6) is -0.327. The van der Waals surface area contributed by atoms with Crippen LogP contribution in [-0.2, 0) is 20.7 Å². The third kappa shape index (κ3) is 6.05. The van der Waals surface area contributed by atoms with Gasteiger partial charge in [0.1, 0.15) is 5.75 Å². The second kappa shape index (κ2) is 9.36. The summed E-state index contributed by atoms with van der Waals surface area (Å²) in [5, 5.41) is 2.59. The number of amides is 1. The first-order valence-electron chi connectivity index (χ1n) is 8.26. The van der Waals surface area contributed by atoms with E-state index in [2.05, 4.69) is 5.32 Å². The molecule has 1 amide bonds. The van der Waals surface area contributed by atoms with Gasteiger partial charge in [0.05, 0.1) is 13.0 Å². The van der Waals surface area contributed by atoms with E-state index in [1.54, 1.807) is 48.5 Å². The van der Waals surface area contributed by atoms with Crippen LogP contribution in [0.25, 0.3) is 0 Å². The standard InChI is InChI=1S/C20H21NO5/c1-3-25-18-9-7-15(8-10-18)11-20(24)26-13-19(23)21-17-6-4-5-16(12-17)14(2)22/h4-10,12H,3,11,13H2,1-2H3,(H,21,23). The lowest BCUT2D eigenvalue weighted by atomic mass is 10.1. The number of esters is 1. The fourth-order valence-corrected chi connectivity index (χ4v) is 2.25. The third-order valence-electron chi connectivity index (χ3n) is 3.50. The van der Waals surface area contributed by atoms with Gasteiger partial charge in [-0.1, -0.05) is 24.3 Å². The van der Waals surface area contributed by atoms with Gasteiger partial charge >= 0.3 is 5.97 Å². The van der Waals surface area contributed by atoms with E-state index in [9.17, 15) is 14.4 Å². The zero-order valence-electron chi connectivity index (χ0n) is 14.8. The summed E-state index contributed by atoms with van der Waals surface area (Å²) in [7, 11) is 0.